The number of aliphatic hydroxyl groups excluding tert-OH is 6. The summed E-state index contributed by atoms with van der Waals surface area (Å²) >= 11 is 0. The molecule has 35 nitrogen and oxygen atoms in total. The zero-order chi connectivity index (χ0) is 70.1. The second kappa shape index (κ2) is 36.0. The molecule has 10 amide bonds. The van der Waals surface area contributed by atoms with Crippen LogP contribution in [0.25, 0.3) is 0 Å². The Morgan fingerprint density at radius 3 is 1.46 bits per heavy atom. The van der Waals surface area contributed by atoms with Gasteiger partial charge in [0, 0.05) is 19.9 Å². The van der Waals surface area contributed by atoms with Gasteiger partial charge in [-0.25, -0.2) is 4.79 Å². The summed E-state index contributed by atoms with van der Waals surface area (Å²) in [4.78, 5) is 159. The predicted molar refractivity (Wildman–Crippen MR) is 318 cm³/mol. The minimum absolute atomic E-state index is 0.0661. The van der Waals surface area contributed by atoms with Crippen LogP contribution in [0.2, 0.25) is 0 Å². The van der Waals surface area contributed by atoms with Gasteiger partial charge in [0.15, 0.2) is 12.6 Å². The Hall–Kier alpha value is -6.80. The number of aliphatic carboxylic acids is 2. The van der Waals surface area contributed by atoms with Crippen LogP contribution in [0.3, 0.4) is 0 Å². The summed E-state index contributed by atoms with van der Waals surface area (Å²) in [6.45, 7) is 17.6. The molecule has 0 aromatic heterocycles. The minimum atomic E-state index is -1.94. The number of likely N-dealkylation sites (tertiary alicyclic amines) is 1. The van der Waals surface area contributed by atoms with Crippen LogP contribution in [0.1, 0.15) is 116 Å². The van der Waals surface area contributed by atoms with Crippen LogP contribution < -0.4 is 53.6 Å². The summed E-state index contributed by atoms with van der Waals surface area (Å²) in [5, 5.41) is 103. The molecular weight excluding hydrogens is 1220 g/mol. The molecule has 0 bridgehead atoms. The molecule has 524 valence electrons. The molecule has 3 aliphatic heterocycles. The highest BCUT2D eigenvalue weighted by molar-refractivity contribution is 5.98. The van der Waals surface area contributed by atoms with E-state index in [1.165, 1.54) is 32.6 Å². The number of ether oxygens (including phenoxy) is 4. The van der Waals surface area contributed by atoms with Gasteiger partial charge >= 0.3 is 11.9 Å². The number of rotatable bonds is 33. The number of carboxylic acid groups (broad SMARTS) is 2. The third kappa shape index (κ3) is 21.9. The van der Waals surface area contributed by atoms with Crippen molar-refractivity contribution in [1.29, 1.82) is 0 Å². The Balaban J connectivity index is 1.65. The van der Waals surface area contributed by atoms with Crippen molar-refractivity contribution in [3.8, 4) is 0 Å². The van der Waals surface area contributed by atoms with Crippen LogP contribution in [0.15, 0.2) is 0 Å². The van der Waals surface area contributed by atoms with Crippen LogP contribution in [-0.4, -0.2) is 264 Å². The smallest absolute Gasteiger partial charge is 0.326 e. The Labute approximate surface area is 532 Å². The van der Waals surface area contributed by atoms with Crippen molar-refractivity contribution in [1.82, 2.24) is 52.8 Å². The van der Waals surface area contributed by atoms with Gasteiger partial charge in [0.05, 0.1) is 19.3 Å². The predicted octanol–water partition coefficient (Wildman–Crippen LogP) is -7.01. The van der Waals surface area contributed by atoms with E-state index >= 15 is 0 Å². The molecule has 3 aliphatic rings. The van der Waals surface area contributed by atoms with Crippen molar-refractivity contribution in [2.24, 2.45) is 29.4 Å². The van der Waals surface area contributed by atoms with Crippen LogP contribution in [0.5, 0.6) is 0 Å². The molecule has 35 heteroatoms. The van der Waals surface area contributed by atoms with Gasteiger partial charge in [0.25, 0.3) is 0 Å². The maximum absolute atomic E-state index is 14.3. The average molecular weight is 1320 g/mol. The summed E-state index contributed by atoms with van der Waals surface area (Å²) in [6, 6.07) is -14.9. The number of carbonyl (C=O) groups excluding carboxylic acids is 10. The molecule has 0 saturated carbocycles. The highest BCUT2D eigenvalue weighted by Gasteiger charge is 2.53. The Kier molecular flexibility index (Phi) is 31.1. The monoisotopic (exact) mass is 1320 g/mol. The van der Waals surface area contributed by atoms with Gasteiger partial charge in [-0.2, -0.15) is 0 Å². The van der Waals surface area contributed by atoms with Gasteiger partial charge in [-0.1, -0.05) is 55.4 Å². The molecule has 0 unspecified atom stereocenters. The summed E-state index contributed by atoms with van der Waals surface area (Å²) in [5.41, 5.74) is 6.39. The van der Waals surface area contributed by atoms with Crippen molar-refractivity contribution in [2.75, 3.05) is 19.8 Å². The molecule has 0 spiro atoms. The first-order valence-electron chi connectivity index (χ1n) is 30.6. The second-order valence-electron chi connectivity index (χ2n) is 24.7. The standard InChI is InChI=1S/C57H97N11O24/c1-21(2)36(51(83)61-26(10)47(79)63-30(55(87)88)16-17-34(72)73)65-53(85)38(23(5)6)66-52(84)37(22(3)4)64-48(80)27(11)59-46(78)25(9)60-49(81)31-15-14-18-68(31)54(86)39(24(7)8)67-50(82)35(58)28(12)89-56-40(62-29(13)71)45(42(75)33(20-70)90-56)92-57-44(77)43(76)41(74)32(19-69)91-57/h21-28,30-33,35-45,56-57,69-70,74-77H,14-20,58H2,1-13H3,(H,59,78)(H,60,81)(H,61,83)(H,62,71)(H,63,79)(H,64,80)(H,65,85)(H,66,84)(H,67,82)(H,72,73)(H,87,88)/t25-,26-,27-,28+,30-,31-,32+,33+,35-,36-,37-,38-,39-,40+,41-,42-,43-,44+,45+,56-,57-/m0/s1. The van der Waals surface area contributed by atoms with Gasteiger partial charge in [-0.05, 0) is 70.6 Å². The molecule has 3 saturated heterocycles. The summed E-state index contributed by atoms with van der Waals surface area (Å²) in [7, 11) is 0. The summed E-state index contributed by atoms with van der Waals surface area (Å²) in [6.07, 6.45) is -17.2. The topological polar surface area (TPSA) is 541 Å². The fourth-order valence-electron chi connectivity index (χ4n) is 10.2. The molecule has 0 aliphatic carbocycles. The fourth-order valence-corrected chi connectivity index (χ4v) is 10.2. The van der Waals surface area contributed by atoms with Gasteiger partial charge in [0.2, 0.25) is 59.1 Å². The van der Waals surface area contributed by atoms with E-state index in [1.54, 1.807) is 55.4 Å². The van der Waals surface area contributed by atoms with Gasteiger partial charge < -0.3 is 118 Å². The van der Waals surface area contributed by atoms with E-state index in [1.807, 2.05) is 0 Å². The van der Waals surface area contributed by atoms with E-state index in [0.717, 1.165) is 6.92 Å². The third-order valence-electron chi connectivity index (χ3n) is 15.8. The second-order valence-corrected chi connectivity index (χ2v) is 24.7. The minimum Gasteiger partial charge on any atom is -0.481 e. The number of carbonyl (C=O) groups is 12. The van der Waals surface area contributed by atoms with E-state index in [9.17, 15) is 93.3 Å². The number of carboxylic acids is 2. The maximum atomic E-state index is 14.3. The molecule has 3 fully saturated rings. The van der Waals surface area contributed by atoms with Crippen molar-refractivity contribution in [3.63, 3.8) is 0 Å². The third-order valence-corrected chi connectivity index (χ3v) is 15.8. The van der Waals surface area contributed by atoms with E-state index in [0.29, 0.717) is 6.42 Å². The number of aliphatic hydroxyl groups is 6. The Morgan fingerprint density at radius 2 is 0.978 bits per heavy atom. The van der Waals surface area contributed by atoms with Crippen molar-refractivity contribution in [3.05, 3.63) is 0 Å². The van der Waals surface area contributed by atoms with E-state index in [2.05, 4.69) is 47.9 Å². The van der Waals surface area contributed by atoms with Gasteiger partial charge in [0.1, 0.15) is 109 Å². The molecule has 0 radical (unpaired) electrons. The van der Waals surface area contributed by atoms with Gasteiger partial charge in [-0.3, -0.25) is 52.7 Å². The molecule has 3 heterocycles. The molecule has 19 N–H and O–H groups in total. The lowest BCUT2D eigenvalue weighted by Gasteiger charge is -2.48. The number of nitrogens with zero attached hydrogens (tertiary/aromatic N) is 1. The molecule has 0 aromatic carbocycles. The van der Waals surface area contributed by atoms with Crippen LogP contribution >= 0.6 is 0 Å². The van der Waals surface area contributed by atoms with Crippen molar-refractivity contribution in [2.45, 2.75) is 244 Å². The number of nitrogens with one attached hydrogen (secondary N) is 9. The average Bonchev–Trinajstić information content (AvgIpc) is 1.38. The maximum Gasteiger partial charge on any atom is 0.326 e. The van der Waals surface area contributed by atoms with Crippen molar-refractivity contribution >= 4 is 71.0 Å². The fraction of sp³-hybridized carbons (Fsp3) is 0.789. The quantitative estimate of drug-likeness (QED) is 0.0290. The van der Waals surface area contributed by atoms with Gasteiger partial charge in [-0.15, -0.1) is 0 Å². The Morgan fingerprint density at radius 1 is 0.543 bits per heavy atom. The van der Waals surface area contributed by atoms with E-state index in [-0.39, 0.29) is 13.0 Å². The number of hydrogen-bond acceptors (Lipinski definition) is 23. The molecule has 0 aromatic rings. The van der Waals surface area contributed by atoms with Crippen molar-refractivity contribution < 1.29 is 117 Å². The zero-order valence-electron chi connectivity index (χ0n) is 54.0. The number of hydrogen-bond donors (Lipinski definition) is 18. The molecule has 3 rings (SSSR count). The SMILES string of the molecule is CC(=O)N[C@H]1[C@@H](O[C@H](C)[C@H](N)C(=O)N[C@H](C(=O)N2CCC[C@H]2C(=O)N[C@@H](C)C(=O)N[C@@H](C)C(=O)N[C@H](C(=O)N[C@H](C(=O)N[C@H](C(=O)N[C@@H](C)C(=O)N[C@@H](CCC(=O)O)C(=O)O)C(C)C)C(C)C)C(C)C)C(C)C)O[C@H](CO)[C@H](O)[C@@H]1O[C@@H]1O[C@H](CO)[C@H](O)[C@H](O)[C@H]1O. The first-order chi connectivity index (χ1) is 42.8. The lowest BCUT2D eigenvalue weighted by Crippen LogP contribution is -2.68. The molecule has 21 atom stereocenters. The zero-order valence-corrected chi connectivity index (χ0v) is 54.0. The summed E-state index contributed by atoms with van der Waals surface area (Å²) in [5.74, 6) is -13.3. The van der Waals surface area contributed by atoms with Crippen LogP contribution in [0.4, 0.5) is 0 Å². The highest BCUT2D eigenvalue weighted by Crippen LogP contribution is 2.31. The van der Waals surface area contributed by atoms with E-state index < -0.39 is 249 Å². The number of nitrogens with two attached hydrogens (primary N) is 1. The largest absolute Gasteiger partial charge is 0.481 e. The van der Waals surface area contributed by atoms with E-state index in [4.69, 9.17) is 29.8 Å². The highest BCUT2D eigenvalue weighted by atomic mass is 16.7. The molecule has 92 heavy (non-hydrogen) atoms. The summed E-state index contributed by atoms with van der Waals surface area (Å²) < 4.78 is 23.1. The first kappa shape index (κ1) is 79.4. The first-order valence-corrected chi connectivity index (χ1v) is 30.6. The lowest BCUT2D eigenvalue weighted by atomic mass is 9.95. The van der Waals surface area contributed by atoms with Crippen LogP contribution in [-0.2, 0) is 76.5 Å². The Bertz CT molecular complexity index is 2580. The lowest BCUT2D eigenvalue weighted by molar-refractivity contribution is -0.347. The molecular formula is C57H97N11O24. The van der Waals surface area contributed by atoms with Crippen LogP contribution in [0, 0.1) is 23.7 Å². The number of amides is 10. The normalized spacial score (nSPS) is 26.5.